The van der Waals surface area contributed by atoms with Crippen molar-refractivity contribution in [2.75, 3.05) is 0 Å². The first kappa shape index (κ1) is 13.4. The summed E-state index contributed by atoms with van der Waals surface area (Å²) < 4.78 is 0. The average molecular weight is 286 g/mol. The Balaban J connectivity index is 1.91. The standard InChI is InChI=1S/C14H19Cl2Si/c1-11(12-6-8-13(15)9-7-12)10-17(16)14-4-2-3-5-14/h6-9,11,14H,2-5,10H2,1H3. The normalized spacial score (nSPS) is 18.8. The molecule has 1 radical (unpaired) electrons. The summed E-state index contributed by atoms with van der Waals surface area (Å²) in [4.78, 5) is 0. The molecule has 0 bridgehead atoms. The van der Waals surface area contributed by atoms with E-state index in [2.05, 4.69) is 19.1 Å². The molecule has 1 aliphatic rings. The summed E-state index contributed by atoms with van der Waals surface area (Å²) in [7, 11) is -0.684. The van der Waals surface area contributed by atoms with Crippen LogP contribution >= 0.6 is 22.7 Å². The minimum atomic E-state index is -0.684. The fourth-order valence-electron chi connectivity index (χ4n) is 2.61. The first-order valence-corrected chi connectivity index (χ1v) is 9.61. The summed E-state index contributed by atoms with van der Waals surface area (Å²) >= 11 is 12.5. The molecule has 0 amide bonds. The molecule has 1 fully saturated rings. The Morgan fingerprint density at radius 3 is 2.41 bits per heavy atom. The van der Waals surface area contributed by atoms with Crippen molar-refractivity contribution in [3.05, 3.63) is 34.9 Å². The fourth-order valence-corrected chi connectivity index (χ4v) is 6.27. The van der Waals surface area contributed by atoms with Gasteiger partial charge in [-0.2, -0.15) is 11.1 Å². The second-order valence-electron chi connectivity index (χ2n) is 5.08. The summed E-state index contributed by atoms with van der Waals surface area (Å²) in [5, 5.41) is 0.813. The third-order valence-electron chi connectivity index (χ3n) is 3.74. The molecule has 1 unspecified atom stereocenters. The summed E-state index contributed by atoms with van der Waals surface area (Å²) in [5.41, 5.74) is 2.21. The van der Waals surface area contributed by atoms with E-state index in [1.807, 2.05) is 12.1 Å². The number of hydrogen-bond donors (Lipinski definition) is 0. The number of rotatable bonds is 4. The highest BCUT2D eigenvalue weighted by molar-refractivity contribution is 7.07. The monoisotopic (exact) mass is 285 g/mol. The molecule has 0 aromatic heterocycles. The van der Waals surface area contributed by atoms with Gasteiger partial charge in [0.15, 0.2) is 8.11 Å². The second-order valence-corrected chi connectivity index (χ2v) is 9.10. The SMILES string of the molecule is CC(C[Si](Cl)C1CCCC1)c1ccc(Cl)cc1. The molecule has 2 rings (SSSR count). The van der Waals surface area contributed by atoms with Gasteiger partial charge in [0.05, 0.1) is 0 Å². The number of halogens is 2. The second kappa shape index (κ2) is 6.26. The van der Waals surface area contributed by atoms with Crippen LogP contribution in [0.3, 0.4) is 0 Å². The van der Waals surface area contributed by atoms with E-state index < -0.39 is 8.11 Å². The van der Waals surface area contributed by atoms with Gasteiger partial charge in [-0.05, 0) is 35.2 Å². The van der Waals surface area contributed by atoms with Gasteiger partial charge in [-0.1, -0.05) is 56.3 Å². The largest absolute Gasteiger partial charge is 0.169 e. The fraction of sp³-hybridized carbons (Fsp3) is 0.571. The Labute approximate surface area is 116 Å². The van der Waals surface area contributed by atoms with Gasteiger partial charge < -0.3 is 0 Å². The average Bonchev–Trinajstić information content (AvgIpc) is 2.83. The minimum Gasteiger partial charge on any atom is -0.169 e. The minimum absolute atomic E-state index is 0.569. The third-order valence-corrected chi connectivity index (χ3v) is 7.84. The van der Waals surface area contributed by atoms with Crippen LogP contribution in [0.4, 0.5) is 0 Å². The first-order chi connectivity index (χ1) is 8.16. The Bertz CT molecular complexity index is 344. The van der Waals surface area contributed by atoms with Crippen LogP contribution in [0.2, 0.25) is 16.6 Å². The van der Waals surface area contributed by atoms with Crippen molar-refractivity contribution in [1.82, 2.24) is 0 Å². The van der Waals surface area contributed by atoms with E-state index in [0.29, 0.717) is 5.92 Å². The maximum Gasteiger partial charge on any atom is 0.169 e. The maximum absolute atomic E-state index is 6.64. The molecule has 0 nitrogen and oxygen atoms in total. The van der Waals surface area contributed by atoms with Crippen LogP contribution in [-0.2, 0) is 0 Å². The number of hydrogen-bond acceptors (Lipinski definition) is 0. The molecule has 1 atom stereocenters. The highest BCUT2D eigenvalue weighted by Gasteiger charge is 2.27. The van der Waals surface area contributed by atoms with Gasteiger partial charge in [0.25, 0.3) is 0 Å². The van der Waals surface area contributed by atoms with Gasteiger partial charge in [-0.3, -0.25) is 0 Å². The van der Waals surface area contributed by atoms with Crippen LogP contribution in [0.1, 0.15) is 44.1 Å². The van der Waals surface area contributed by atoms with Crippen molar-refractivity contribution >= 4 is 30.8 Å². The van der Waals surface area contributed by atoms with Crippen molar-refractivity contribution in [3.63, 3.8) is 0 Å². The molecule has 0 N–H and O–H groups in total. The van der Waals surface area contributed by atoms with Crippen LogP contribution < -0.4 is 0 Å². The Kier molecular flexibility index (Phi) is 4.95. The molecule has 0 aliphatic heterocycles. The molecule has 1 saturated carbocycles. The lowest BCUT2D eigenvalue weighted by Gasteiger charge is -2.19. The van der Waals surface area contributed by atoms with E-state index in [1.165, 1.54) is 37.3 Å². The van der Waals surface area contributed by atoms with Gasteiger partial charge in [-0.15, -0.1) is 0 Å². The molecular weight excluding hydrogens is 267 g/mol. The van der Waals surface area contributed by atoms with E-state index in [4.69, 9.17) is 22.7 Å². The topological polar surface area (TPSA) is 0 Å². The molecule has 1 aliphatic carbocycles. The summed E-state index contributed by atoms with van der Waals surface area (Å²) in [5.74, 6) is 0.569. The summed E-state index contributed by atoms with van der Waals surface area (Å²) in [6.07, 6.45) is 5.51. The van der Waals surface area contributed by atoms with E-state index in [0.717, 1.165) is 10.6 Å². The smallest absolute Gasteiger partial charge is 0.169 e. The highest BCUT2D eigenvalue weighted by atomic mass is 35.6. The predicted octanol–water partition coefficient (Wildman–Crippen LogP) is 5.62. The number of benzene rings is 1. The Morgan fingerprint density at radius 2 is 1.82 bits per heavy atom. The van der Waals surface area contributed by atoms with E-state index in [9.17, 15) is 0 Å². The zero-order chi connectivity index (χ0) is 12.3. The summed E-state index contributed by atoms with van der Waals surface area (Å²) in [6, 6.07) is 9.40. The van der Waals surface area contributed by atoms with Gasteiger partial charge >= 0.3 is 0 Å². The lowest BCUT2D eigenvalue weighted by atomic mass is 10.0. The quantitative estimate of drug-likeness (QED) is 0.498. The molecule has 1 aromatic carbocycles. The molecule has 3 heteroatoms. The molecule has 17 heavy (non-hydrogen) atoms. The maximum atomic E-state index is 6.64. The molecule has 93 valence electrons. The van der Waals surface area contributed by atoms with Gasteiger partial charge in [0.1, 0.15) is 0 Å². The van der Waals surface area contributed by atoms with Crippen LogP contribution in [0.15, 0.2) is 24.3 Å². The third kappa shape index (κ3) is 3.74. The van der Waals surface area contributed by atoms with Gasteiger partial charge in [-0.25, -0.2) is 0 Å². The van der Waals surface area contributed by atoms with Crippen molar-refractivity contribution in [2.24, 2.45) is 0 Å². The zero-order valence-electron chi connectivity index (χ0n) is 10.3. The van der Waals surface area contributed by atoms with E-state index in [1.54, 1.807) is 0 Å². The van der Waals surface area contributed by atoms with Crippen LogP contribution in [0, 0.1) is 0 Å². The molecule has 1 aromatic rings. The van der Waals surface area contributed by atoms with Crippen molar-refractivity contribution in [2.45, 2.75) is 50.1 Å². The van der Waals surface area contributed by atoms with Crippen LogP contribution in [0.25, 0.3) is 0 Å². The lowest BCUT2D eigenvalue weighted by Crippen LogP contribution is -2.14. The van der Waals surface area contributed by atoms with Crippen molar-refractivity contribution in [3.8, 4) is 0 Å². The van der Waals surface area contributed by atoms with E-state index in [-0.39, 0.29) is 0 Å². The van der Waals surface area contributed by atoms with E-state index >= 15 is 0 Å². The molecule has 0 heterocycles. The Hall–Kier alpha value is 0.0169. The molecule has 0 spiro atoms. The molecule has 0 saturated heterocycles. The van der Waals surface area contributed by atoms with Crippen molar-refractivity contribution in [1.29, 1.82) is 0 Å². The first-order valence-electron chi connectivity index (χ1n) is 6.43. The van der Waals surface area contributed by atoms with Gasteiger partial charge in [0, 0.05) is 5.02 Å². The van der Waals surface area contributed by atoms with Crippen molar-refractivity contribution < 1.29 is 0 Å². The van der Waals surface area contributed by atoms with Gasteiger partial charge in [0.2, 0.25) is 0 Å². The predicted molar refractivity (Wildman–Crippen MR) is 78.5 cm³/mol. The highest BCUT2D eigenvalue weighted by Crippen LogP contribution is 2.38. The lowest BCUT2D eigenvalue weighted by molar-refractivity contribution is 0.808. The summed E-state index contributed by atoms with van der Waals surface area (Å²) in [6.45, 7) is 2.28. The Morgan fingerprint density at radius 1 is 1.24 bits per heavy atom. The van der Waals surface area contributed by atoms with Crippen LogP contribution in [-0.4, -0.2) is 8.11 Å². The molecular formula is C14H19Cl2Si. The zero-order valence-corrected chi connectivity index (χ0v) is 12.8. The van der Waals surface area contributed by atoms with Crippen LogP contribution in [0.5, 0.6) is 0 Å².